The lowest BCUT2D eigenvalue weighted by Crippen LogP contribution is -2.47. The highest BCUT2D eigenvalue weighted by Crippen LogP contribution is 2.38. The molecule has 0 rings (SSSR count). The summed E-state index contributed by atoms with van der Waals surface area (Å²) in [5.74, 6) is -0.548. The minimum Gasteiger partial charge on any atom is -0.756 e. The zero-order chi connectivity index (χ0) is 53.6. The van der Waals surface area contributed by atoms with Crippen molar-refractivity contribution >= 4 is 19.7 Å². The summed E-state index contributed by atoms with van der Waals surface area (Å²) < 4.78 is 30.3. The number of hydrogen-bond acceptors (Lipinski definition) is 7. The molecule has 0 bridgehead atoms. The van der Waals surface area contributed by atoms with Gasteiger partial charge in [-0.25, -0.2) is 0 Å². The average molecular weight is 1050 g/mol. The van der Waals surface area contributed by atoms with Crippen LogP contribution in [0.1, 0.15) is 278 Å². The zero-order valence-electron chi connectivity index (χ0n) is 48.6. The molecule has 0 saturated carbocycles. The minimum absolute atomic E-state index is 0.0249. The Labute approximate surface area is 451 Å². The predicted molar refractivity (Wildman–Crippen MR) is 312 cm³/mol. The summed E-state index contributed by atoms with van der Waals surface area (Å²) in [5.41, 5.74) is 0. The van der Waals surface area contributed by atoms with E-state index in [9.17, 15) is 19.0 Å². The molecule has 1 N–H and O–H groups in total. The van der Waals surface area contributed by atoms with Crippen LogP contribution in [0.5, 0.6) is 0 Å². The quantitative estimate of drug-likeness (QED) is 0.0212. The number of carbonyl (C=O) groups excluding carboxylic acids is 2. The number of ether oxygens (including phenoxy) is 1. The molecule has 73 heavy (non-hydrogen) atoms. The average Bonchev–Trinajstić information content (AvgIpc) is 3.35. The summed E-state index contributed by atoms with van der Waals surface area (Å²) in [6, 6.07) is -0.892. The van der Waals surface area contributed by atoms with Gasteiger partial charge in [-0.3, -0.25) is 14.2 Å². The first-order valence-electron chi connectivity index (χ1n) is 30.6. The Kier molecular flexibility index (Phi) is 51.5. The molecular formula is C63H117N2O7P. The van der Waals surface area contributed by atoms with E-state index in [1.54, 1.807) is 0 Å². The molecule has 0 fully saturated rings. The molecule has 3 atom stereocenters. The first kappa shape index (κ1) is 70.7. The molecule has 1 amide bonds. The maximum absolute atomic E-state index is 13.5. The van der Waals surface area contributed by atoms with E-state index in [2.05, 4.69) is 74.7 Å². The lowest BCUT2D eigenvalue weighted by Gasteiger charge is -2.30. The van der Waals surface area contributed by atoms with Crippen LogP contribution >= 0.6 is 7.82 Å². The molecule has 0 aromatic rings. The van der Waals surface area contributed by atoms with Crippen LogP contribution in [0.2, 0.25) is 0 Å². The first-order chi connectivity index (χ1) is 35.4. The fraction of sp³-hybridized carbons (Fsp3) is 0.810. The maximum Gasteiger partial charge on any atom is 0.306 e. The monoisotopic (exact) mass is 1040 g/mol. The molecule has 0 aliphatic heterocycles. The van der Waals surface area contributed by atoms with Gasteiger partial charge >= 0.3 is 5.97 Å². The number of nitrogens with one attached hydrogen (secondary N) is 1. The third kappa shape index (κ3) is 54.3. The molecule has 0 aliphatic carbocycles. The largest absolute Gasteiger partial charge is 0.756 e. The summed E-state index contributed by atoms with van der Waals surface area (Å²) >= 11 is 0. The van der Waals surface area contributed by atoms with E-state index in [1.807, 2.05) is 33.3 Å². The third-order valence-corrected chi connectivity index (χ3v) is 14.4. The van der Waals surface area contributed by atoms with Crippen molar-refractivity contribution in [2.24, 2.45) is 0 Å². The van der Waals surface area contributed by atoms with Crippen molar-refractivity contribution in [2.75, 3.05) is 40.9 Å². The second kappa shape index (κ2) is 53.1. The van der Waals surface area contributed by atoms with Crippen molar-refractivity contribution in [2.45, 2.75) is 290 Å². The van der Waals surface area contributed by atoms with Crippen molar-refractivity contribution in [3.05, 3.63) is 60.8 Å². The van der Waals surface area contributed by atoms with Gasteiger partial charge in [-0.15, -0.1) is 0 Å². The highest BCUT2D eigenvalue weighted by molar-refractivity contribution is 7.45. The van der Waals surface area contributed by atoms with Gasteiger partial charge in [-0.05, 0) is 76.7 Å². The molecule has 10 heteroatoms. The second-order valence-corrected chi connectivity index (χ2v) is 23.3. The van der Waals surface area contributed by atoms with Crippen LogP contribution in [-0.2, 0) is 27.9 Å². The van der Waals surface area contributed by atoms with Crippen LogP contribution in [0.4, 0.5) is 0 Å². The van der Waals surface area contributed by atoms with Gasteiger partial charge in [0.2, 0.25) is 5.91 Å². The third-order valence-electron chi connectivity index (χ3n) is 13.5. The molecule has 426 valence electrons. The summed E-state index contributed by atoms with van der Waals surface area (Å²) in [7, 11) is 1.18. The van der Waals surface area contributed by atoms with Gasteiger partial charge in [-0.2, -0.15) is 0 Å². The molecule has 0 aromatic carbocycles. The van der Waals surface area contributed by atoms with Gasteiger partial charge in [0, 0.05) is 12.8 Å². The number of phosphoric acid groups is 1. The van der Waals surface area contributed by atoms with Crippen molar-refractivity contribution in [3.8, 4) is 0 Å². The van der Waals surface area contributed by atoms with Gasteiger partial charge in [0.15, 0.2) is 0 Å². The van der Waals surface area contributed by atoms with E-state index in [0.29, 0.717) is 17.4 Å². The van der Waals surface area contributed by atoms with E-state index < -0.39 is 26.6 Å². The highest BCUT2D eigenvalue weighted by Gasteiger charge is 2.27. The van der Waals surface area contributed by atoms with Crippen LogP contribution in [0.25, 0.3) is 0 Å². The number of carbonyl (C=O) groups is 2. The van der Waals surface area contributed by atoms with E-state index in [-0.39, 0.29) is 24.9 Å². The summed E-state index contributed by atoms with van der Waals surface area (Å²) in [4.78, 5) is 39.9. The minimum atomic E-state index is -4.70. The van der Waals surface area contributed by atoms with Crippen LogP contribution in [0, 0.1) is 0 Å². The Hall–Kier alpha value is -2.29. The Balaban J connectivity index is 5.19. The molecule has 0 saturated heterocycles. The number of allylic oxidation sites excluding steroid dienone is 9. The highest BCUT2D eigenvalue weighted by atomic mass is 31.2. The molecule has 9 nitrogen and oxygen atoms in total. The Bertz CT molecular complexity index is 1440. The van der Waals surface area contributed by atoms with Crippen LogP contribution in [0.15, 0.2) is 60.8 Å². The van der Waals surface area contributed by atoms with Crippen LogP contribution < -0.4 is 10.2 Å². The van der Waals surface area contributed by atoms with E-state index in [4.69, 9.17) is 13.8 Å². The SMILES string of the molecule is CCCCC/C=C\C/C=C\C/C=C\C/C=C\CCCCCCCCCC(=O)NC(COP(=O)([O-])OCC[N+](C)(C)C)C(/C=C\CCCCCCCCCCC)OC(=O)CCCCCCCCCCCCCCC. The molecule has 0 aliphatic rings. The fourth-order valence-corrected chi connectivity index (χ4v) is 9.41. The van der Waals surface area contributed by atoms with Crippen molar-refractivity contribution < 1.29 is 37.3 Å². The van der Waals surface area contributed by atoms with Crippen molar-refractivity contribution in [3.63, 3.8) is 0 Å². The zero-order valence-corrected chi connectivity index (χ0v) is 49.5. The lowest BCUT2D eigenvalue weighted by atomic mass is 10.0. The first-order valence-corrected chi connectivity index (χ1v) is 32.1. The van der Waals surface area contributed by atoms with E-state index in [1.165, 1.54) is 154 Å². The number of likely N-dealkylation sites (N-methyl/N-ethyl adjacent to an activating group) is 1. The molecule has 0 spiro atoms. The van der Waals surface area contributed by atoms with Gasteiger partial charge in [0.25, 0.3) is 7.82 Å². The molecular weight excluding hydrogens is 928 g/mol. The lowest BCUT2D eigenvalue weighted by molar-refractivity contribution is -0.870. The molecule has 0 radical (unpaired) electrons. The number of phosphoric ester groups is 1. The standard InChI is InChI=1S/C63H117N2O7P/c1-7-10-13-16-19-22-25-27-28-29-30-31-32-33-34-35-36-38-40-43-46-49-52-55-62(66)64-60(59-71-73(68,69)70-58-57-65(4,5)6)61(54-51-48-45-42-39-24-21-18-15-12-9-3)72-63(67)56-53-50-47-44-41-37-26-23-20-17-14-11-8-2/h19,22,27-28,30-31,33-34,51,54,60-61H,7-18,20-21,23-26,29,32,35-50,52-53,55-59H2,1-6H3,(H-,64,66,68,69)/b22-19-,28-27-,31-30-,34-33-,54-51-. The molecule has 0 aromatic heterocycles. The Morgan fingerprint density at radius 3 is 1.27 bits per heavy atom. The molecule has 3 unspecified atom stereocenters. The number of hydrogen-bond donors (Lipinski definition) is 1. The summed E-state index contributed by atoms with van der Waals surface area (Å²) in [6.07, 6.45) is 66.1. The number of quaternary nitrogens is 1. The van der Waals surface area contributed by atoms with Crippen molar-refractivity contribution in [1.29, 1.82) is 0 Å². The fourth-order valence-electron chi connectivity index (χ4n) is 8.68. The van der Waals surface area contributed by atoms with Gasteiger partial charge in [0.05, 0.1) is 33.8 Å². The number of esters is 1. The van der Waals surface area contributed by atoms with Crippen LogP contribution in [-0.4, -0.2) is 69.4 Å². The summed E-state index contributed by atoms with van der Waals surface area (Å²) in [5, 5.41) is 3.02. The second-order valence-electron chi connectivity index (χ2n) is 21.9. The Morgan fingerprint density at radius 2 is 0.836 bits per heavy atom. The number of rotatable bonds is 55. The van der Waals surface area contributed by atoms with E-state index in [0.717, 1.165) is 89.9 Å². The van der Waals surface area contributed by atoms with Crippen molar-refractivity contribution in [1.82, 2.24) is 5.32 Å². The maximum atomic E-state index is 13.5. The number of amides is 1. The van der Waals surface area contributed by atoms with Gasteiger partial charge in [0.1, 0.15) is 19.3 Å². The molecule has 0 heterocycles. The van der Waals surface area contributed by atoms with E-state index >= 15 is 0 Å². The number of nitrogens with zero attached hydrogens (tertiary/aromatic N) is 1. The predicted octanol–water partition coefficient (Wildman–Crippen LogP) is 18.0. The topological polar surface area (TPSA) is 114 Å². The number of unbranched alkanes of at least 4 members (excludes halogenated alkanes) is 31. The smallest absolute Gasteiger partial charge is 0.306 e. The van der Waals surface area contributed by atoms with Gasteiger partial charge < -0.3 is 28.5 Å². The summed E-state index contributed by atoms with van der Waals surface area (Å²) in [6.45, 7) is 6.81. The van der Waals surface area contributed by atoms with Gasteiger partial charge in [-0.1, -0.05) is 249 Å². The van der Waals surface area contributed by atoms with Crippen LogP contribution in [0.3, 0.4) is 0 Å². The Morgan fingerprint density at radius 1 is 0.479 bits per heavy atom. The normalized spacial score (nSPS) is 14.1.